The van der Waals surface area contributed by atoms with Gasteiger partial charge in [-0.2, -0.15) is 0 Å². The Hall–Kier alpha value is -1.59. The topological polar surface area (TPSA) is 59.6 Å². The number of carbonyl (C=O) groups is 1. The van der Waals surface area contributed by atoms with E-state index in [4.69, 9.17) is 32.7 Å². The number of benzene rings is 1. The predicted octanol–water partition coefficient (Wildman–Crippen LogP) is 2.72. The van der Waals surface area contributed by atoms with Gasteiger partial charge in [-0.15, -0.1) is 0 Å². The number of urea groups is 1. The van der Waals surface area contributed by atoms with Crippen molar-refractivity contribution in [1.29, 1.82) is 0 Å². The zero-order valence-corrected chi connectivity index (χ0v) is 12.8. The third-order valence-electron chi connectivity index (χ3n) is 2.84. The Bertz CT molecular complexity index is 535. The fourth-order valence-corrected chi connectivity index (χ4v) is 2.20. The maximum Gasteiger partial charge on any atom is 0.315 e. The summed E-state index contributed by atoms with van der Waals surface area (Å²) in [6, 6.07) is 5.17. The summed E-state index contributed by atoms with van der Waals surface area (Å²) < 4.78 is 10.4. The van der Waals surface area contributed by atoms with Gasteiger partial charge in [0.15, 0.2) is 0 Å². The van der Waals surface area contributed by atoms with Crippen molar-refractivity contribution in [2.75, 3.05) is 26.3 Å². The van der Waals surface area contributed by atoms with E-state index in [0.29, 0.717) is 48.5 Å². The quantitative estimate of drug-likeness (QED) is 0.872. The molecule has 0 saturated carbocycles. The van der Waals surface area contributed by atoms with E-state index in [1.54, 1.807) is 6.07 Å². The summed E-state index contributed by atoms with van der Waals surface area (Å²) >= 11 is 12.0. The van der Waals surface area contributed by atoms with Crippen molar-refractivity contribution in [3.8, 4) is 0 Å². The Morgan fingerprint density at radius 1 is 1.24 bits per heavy atom. The average Bonchev–Trinajstić information content (AvgIpc) is 2.50. The zero-order chi connectivity index (χ0) is 15.1. The number of hydrogen-bond acceptors (Lipinski definition) is 3. The van der Waals surface area contributed by atoms with Crippen LogP contribution in [0.5, 0.6) is 0 Å². The SMILES string of the molecule is O=C(NCCc1cccc(Cl)c1Cl)NCC1=COCCO1. The number of nitrogens with one attached hydrogen (secondary N) is 2. The molecular formula is C14H16Cl2N2O3. The Balaban J connectivity index is 1.69. The highest BCUT2D eigenvalue weighted by atomic mass is 35.5. The fraction of sp³-hybridized carbons (Fsp3) is 0.357. The van der Waals surface area contributed by atoms with Crippen LogP contribution in [0.1, 0.15) is 5.56 Å². The number of hydrogen-bond donors (Lipinski definition) is 2. The Kier molecular flexibility index (Phi) is 6.02. The molecule has 114 valence electrons. The number of rotatable bonds is 5. The van der Waals surface area contributed by atoms with Crippen LogP contribution in [-0.4, -0.2) is 32.3 Å². The molecule has 1 aromatic rings. The van der Waals surface area contributed by atoms with Gasteiger partial charge in [0, 0.05) is 6.54 Å². The fourth-order valence-electron chi connectivity index (χ4n) is 1.78. The van der Waals surface area contributed by atoms with Crippen molar-refractivity contribution < 1.29 is 14.3 Å². The first-order valence-corrected chi connectivity index (χ1v) is 7.30. The van der Waals surface area contributed by atoms with Crippen LogP contribution < -0.4 is 10.6 Å². The second kappa shape index (κ2) is 8.00. The van der Waals surface area contributed by atoms with E-state index in [2.05, 4.69) is 10.6 Å². The molecule has 1 aliphatic rings. The first kappa shape index (κ1) is 15.8. The highest BCUT2D eigenvalue weighted by Gasteiger charge is 2.08. The minimum absolute atomic E-state index is 0.275. The van der Waals surface area contributed by atoms with Crippen LogP contribution in [0.25, 0.3) is 0 Å². The minimum atomic E-state index is -0.275. The summed E-state index contributed by atoms with van der Waals surface area (Å²) in [5.41, 5.74) is 0.899. The number of halogens is 2. The molecule has 0 atom stereocenters. The lowest BCUT2D eigenvalue weighted by Crippen LogP contribution is -2.38. The van der Waals surface area contributed by atoms with E-state index in [9.17, 15) is 4.79 Å². The summed E-state index contributed by atoms with van der Waals surface area (Å²) in [5.74, 6) is 0.606. The zero-order valence-electron chi connectivity index (χ0n) is 11.3. The maximum absolute atomic E-state index is 11.6. The van der Waals surface area contributed by atoms with Gasteiger partial charge in [-0.3, -0.25) is 0 Å². The normalized spacial score (nSPS) is 13.7. The van der Waals surface area contributed by atoms with Gasteiger partial charge in [-0.25, -0.2) is 4.79 Å². The Morgan fingerprint density at radius 2 is 2.10 bits per heavy atom. The summed E-state index contributed by atoms with van der Waals surface area (Å²) in [6.07, 6.45) is 2.12. The van der Waals surface area contributed by atoms with Crippen molar-refractivity contribution in [2.24, 2.45) is 0 Å². The van der Waals surface area contributed by atoms with E-state index >= 15 is 0 Å². The van der Waals surface area contributed by atoms with Crippen LogP contribution in [0.3, 0.4) is 0 Å². The summed E-state index contributed by atoms with van der Waals surface area (Å²) in [4.78, 5) is 11.6. The van der Waals surface area contributed by atoms with Crippen molar-refractivity contribution in [1.82, 2.24) is 10.6 Å². The van der Waals surface area contributed by atoms with E-state index in [-0.39, 0.29) is 6.03 Å². The molecule has 21 heavy (non-hydrogen) atoms. The molecule has 0 aliphatic carbocycles. The monoisotopic (exact) mass is 330 g/mol. The molecule has 1 heterocycles. The van der Waals surface area contributed by atoms with Crippen molar-refractivity contribution in [3.63, 3.8) is 0 Å². The third-order valence-corrected chi connectivity index (χ3v) is 3.70. The highest BCUT2D eigenvalue weighted by molar-refractivity contribution is 6.42. The van der Waals surface area contributed by atoms with Gasteiger partial charge in [0.2, 0.25) is 0 Å². The lowest BCUT2D eigenvalue weighted by Gasteiger charge is -2.16. The first-order chi connectivity index (χ1) is 10.2. The molecule has 2 amide bonds. The largest absolute Gasteiger partial charge is 0.494 e. The minimum Gasteiger partial charge on any atom is -0.494 e. The number of ether oxygens (including phenoxy) is 2. The van der Waals surface area contributed by atoms with Crippen molar-refractivity contribution in [2.45, 2.75) is 6.42 Å². The van der Waals surface area contributed by atoms with E-state index in [1.807, 2.05) is 12.1 Å². The molecule has 0 bridgehead atoms. The van der Waals surface area contributed by atoms with Gasteiger partial charge < -0.3 is 20.1 Å². The average molecular weight is 331 g/mol. The van der Waals surface area contributed by atoms with E-state index in [1.165, 1.54) is 6.26 Å². The van der Waals surface area contributed by atoms with Gasteiger partial charge in [0.25, 0.3) is 0 Å². The summed E-state index contributed by atoms with van der Waals surface area (Å²) in [7, 11) is 0. The maximum atomic E-state index is 11.6. The van der Waals surface area contributed by atoms with Crippen molar-refractivity contribution >= 4 is 29.2 Å². The van der Waals surface area contributed by atoms with Crippen LogP contribution >= 0.6 is 23.2 Å². The molecule has 0 saturated heterocycles. The smallest absolute Gasteiger partial charge is 0.315 e. The van der Waals surface area contributed by atoms with Gasteiger partial charge in [0.1, 0.15) is 25.2 Å². The Morgan fingerprint density at radius 3 is 2.86 bits per heavy atom. The summed E-state index contributed by atoms with van der Waals surface area (Å²) in [5, 5.41) is 6.47. The van der Waals surface area contributed by atoms with Crippen LogP contribution in [0.4, 0.5) is 4.79 Å². The van der Waals surface area contributed by atoms with E-state index < -0.39 is 0 Å². The van der Waals surface area contributed by atoms with Crippen molar-refractivity contribution in [3.05, 3.63) is 45.8 Å². The molecule has 0 spiro atoms. The lowest BCUT2D eigenvalue weighted by molar-refractivity contribution is 0.0817. The molecular weight excluding hydrogens is 315 g/mol. The van der Waals surface area contributed by atoms with Crippen LogP contribution in [0.15, 0.2) is 30.2 Å². The van der Waals surface area contributed by atoms with Crippen LogP contribution in [0.2, 0.25) is 10.0 Å². The molecule has 7 heteroatoms. The Labute approximate surface area is 133 Å². The molecule has 1 aromatic carbocycles. The lowest BCUT2D eigenvalue weighted by atomic mass is 10.1. The third kappa shape index (κ3) is 5.02. The van der Waals surface area contributed by atoms with E-state index in [0.717, 1.165) is 5.56 Å². The molecule has 0 unspecified atom stereocenters. The van der Waals surface area contributed by atoms with Gasteiger partial charge in [0.05, 0.1) is 16.6 Å². The van der Waals surface area contributed by atoms with Gasteiger partial charge in [-0.05, 0) is 18.1 Å². The van der Waals surface area contributed by atoms with Gasteiger partial charge >= 0.3 is 6.03 Å². The van der Waals surface area contributed by atoms with Gasteiger partial charge in [-0.1, -0.05) is 35.3 Å². The molecule has 5 nitrogen and oxygen atoms in total. The first-order valence-electron chi connectivity index (χ1n) is 6.55. The molecule has 2 N–H and O–H groups in total. The molecule has 0 fully saturated rings. The summed E-state index contributed by atoms with van der Waals surface area (Å²) in [6.45, 7) is 1.80. The number of carbonyl (C=O) groups excluding carboxylic acids is 1. The second-order valence-electron chi connectivity index (χ2n) is 4.38. The molecule has 0 aromatic heterocycles. The molecule has 0 radical (unpaired) electrons. The molecule has 2 rings (SSSR count). The number of amides is 2. The second-order valence-corrected chi connectivity index (χ2v) is 5.16. The standard InChI is InChI=1S/C14H16Cl2N2O3/c15-12-3-1-2-10(13(12)16)4-5-17-14(19)18-8-11-9-20-6-7-21-11/h1-3,9H,4-8H2,(H2,17,18,19). The highest BCUT2D eigenvalue weighted by Crippen LogP contribution is 2.25. The predicted molar refractivity (Wildman–Crippen MR) is 81.6 cm³/mol. The van der Waals surface area contributed by atoms with Crippen LogP contribution in [0, 0.1) is 0 Å². The molecule has 1 aliphatic heterocycles. The van der Waals surface area contributed by atoms with Crippen LogP contribution in [-0.2, 0) is 15.9 Å².